The third-order valence-corrected chi connectivity index (χ3v) is 2.96. The fourth-order valence-corrected chi connectivity index (χ4v) is 1.95. The van der Waals surface area contributed by atoms with Gasteiger partial charge in [-0.25, -0.2) is 0 Å². The average Bonchev–Trinajstić information content (AvgIpc) is 2.05. The van der Waals surface area contributed by atoms with Crippen molar-refractivity contribution in [1.82, 2.24) is 0 Å². The van der Waals surface area contributed by atoms with E-state index >= 15 is 0 Å². The van der Waals surface area contributed by atoms with Crippen LogP contribution in [0.3, 0.4) is 0 Å². The molecule has 4 heteroatoms. The van der Waals surface area contributed by atoms with Gasteiger partial charge in [-0.15, -0.1) is 6.58 Å². The van der Waals surface area contributed by atoms with Gasteiger partial charge < -0.3 is 9.79 Å². The maximum Gasteiger partial charge on any atom is 0.336 e. The summed E-state index contributed by atoms with van der Waals surface area (Å²) in [7, 11) is -4.12. The Kier molecular flexibility index (Phi) is 3.04. The van der Waals surface area contributed by atoms with Gasteiger partial charge in [-0.05, 0) is 5.56 Å². The average molecular weight is 198 g/mol. The molecule has 70 valence electrons. The molecule has 0 fully saturated rings. The number of hydrogen-bond donors (Lipinski definition) is 2. The van der Waals surface area contributed by atoms with Crippen LogP contribution >= 0.6 is 7.60 Å². The van der Waals surface area contributed by atoms with Crippen molar-refractivity contribution < 1.29 is 14.4 Å². The van der Waals surface area contributed by atoms with Crippen molar-refractivity contribution in [2.45, 2.75) is 5.66 Å². The molecular weight excluding hydrogens is 187 g/mol. The Labute approximate surface area is 76.9 Å². The molecule has 0 aromatic heterocycles. The highest BCUT2D eigenvalue weighted by atomic mass is 31.2. The van der Waals surface area contributed by atoms with Crippen LogP contribution in [0.2, 0.25) is 0 Å². The van der Waals surface area contributed by atoms with Crippen LogP contribution in [0.4, 0.5) is 0 Å². The molecule has 0 spiro atoms. The van der Waals surface area contributed by atoms with Crippen LogP contribution in [-0.4, -0.2) is 9.79 Å². The van der Waals surface area contributed by atoms with E-state index in [0.717, 1.165) is 0 Å². The van der Waals surface area contributed by atoms with E-state index in [4.69, 9.17) is 9.79 Å². The topological polar surface area (TPSA) is 57.5 Å². The van der Waals surface area contributed by atoms with Crippen molar-refractivity contribution in [2.75, 3.05) is 0 Å². The molecule has 1 rings (SSSR count). The summed E-state index contributed by atoms with van der Waals surface area (Å²) in [6, 6.07) is 8.61. The second-order valence-corrected chi connectivity index (χ2v) is 4.41. The van der Waals surface area contributed by atoms with Crippen molar-refractivity contribution in [3.63, 3.8) is 0 Å². The van der Waals surface area contributed by atoms with Gasteiger partial charge in [0.15, 0.2) is 0 Å². The molecule has 1 aromatic carbocycles. The number of allylic oxidation sites excluding steroid dienone is 1. The SMILES string of the molecule is C=CC(c1ccccc1)P(=O)(O)O. The van der Waals surface area contributed by atoms with Crippen LogP contribution in [0.1, 0.15) is 11.2 Å². The van der Waals surface area contributed by atoms with Gasteiger partial charge in [0.2, 0.25) is 0 Å². The van der Waals surface area contributed by atoms with E-state index in [1.807, 2.05) is 0 Å². The van der Waals surface area contributed by atoms with Crippen molar-refractivity contribution in [1.29, 1.82) is 0 Å². The number of hydrogen-bond acceptors (Lipinski definition) is 1. The summed E-state index contributed by atoms with van der Waals surface area (Å²) in [4.78, 5) is 17.9. The molecule has 1 unspecified atom stereocenters. The molecule has 0 radical (unpaired) electrons. The van der Waals surface area contributed by atoms with E-state index in [9.17, 15) is 4.57 Å². The lowest BCUT2D eigenvalue weighted by atomic mass is 10.1. The first-order valence-corrected chi connectivity index (χ1v) is 5.46. The second-order valence-electron chi connectivity index (χ2n) is 2.68. The lowest BCUT2D eigenvalue weighted by Gasteiger charge is -2.13. The maximum atomic E-state index is 11.0. The Hall–Kier alpha value is -0.890. The Morgan fingerprint density at radius 2 is 1.85 bits per heavy atom. The fraction of sp³-hybridized carbons (Fsp3) is 0.111. The summed E-state index contributed by atoms with van der Waals surface area (Å²) < 4.78 is 11.0. The van der Waals surface area contributed by atoms with Gasteiger partial charge in [0.25, 0.3) is 0 Å². The van der Waals surface area contributed by atoms with Crippen LogP contribution in [-0.2, 0) is 4.57 Å². The molecule has 1 aromatic rings. The summed E-state index contributed by atoms with van der Waals surface area (Å²) >= 11 is 0. The van der Waals surface area contributed by atoms with Crippen LogP contribution in [0.5, 0.6) is 0 Å². The third-order valence-electron chi connectivity index (χ3n) is 1.73. The first kappa shape index (κ1) is 10.2. The minimum absolute atomic E-state index is 0.589. The standard InChI is InChI=1S/C9H11O3P/c1-2-9(13(10,11)12)8-6-4-3-5-7-8/h2-7,9H,1H2,(H2,10,11,12). The normalized spacial score (nSPS) is 13.7. The molecule has 0 saturated heterocycles. The highest BCUT2D eigenvalue weighted by Crippen LogP contribution is 2.52. The Balaban J connectivity index is 3.06. The van der Waals surface area contributed by atoms with Crippen molar-refractivity contribution in [3.8, 4) is 0 Å². The molecule has 13 heavy (non-hydrogen) atoms. The van der Waals surface area contributed by atoms with Crippen LogP contribution in [0.15, 0.2) is 43.0 Å². The van der Waals surface area contributed by atoms with Crippen LogP contribution in [0, 0.1) is 0 Å². The van der Waals surface area contributed by atoms with Crippen molar-refractivity contribution in [2.24, 2.45) is 0 Å². The first-order chi connectivity index (χ1) is 6.05. The van der Waals surface area contributed by atoms with E-state index in [0.29, 0.717) is 5.56 Å². The van der Waals surface area contributed by atoms with E-state index in [-0.39, 0.29) is 0 Å². The molecule has 2 N–H and O–H groups in total. The Morgan fingerprint density at radius 3 is 2.23 bits per heavy atom. The summed E-state index contributed by atoms with van der Waals surface area (Å²) in [5, 5.41) is 0. The quantitative estimate of drug-likeness (QED) is 0.577. The van der Waals surface area contributed by atoms with Crippen LogP contribution in [0.25, 0.3) is 0 Å². The zero-order chi connectivity index (χ0) is 9.90. The predicted octanol–water partition coefficient (Wildman–Crippen LogP) is 2.09. The molecule has 0 heterocycles. The molecule has 0 aliphatic carbocycles. The van der Waals surface area contributed by atoms with Gasteiger partial charge >= 0.3 is 7.60 Å². The van der Waals surface area contributed by atoms with E-state index in [1.54, 1.807) is 30.3 Å². The molecular formula is C9H11O3P. The lowest BCUT2D eigenvalue weighted by Crippen LogP contribution is -1.95. The minimum atomic E-state index is -4.12. The van der Waals surface area contributed by atoms with Gasteiger partial charge in [0.1, 0.15) is 5.66 Å². The van der Waals surface area contributed by atoms with Crippen molar-refractivity contribution >= 4 is 7.60 Å². The predicted molar refractivity (Wildman–Crippen MR) is 51.4 cm³/mol. The van der Waals surface area contributed by atoms with Gasteiger partial charge in [0, 0.05) is 0 Å². The summed E-state index contributed by atoms with van der Waals surface area (Å²) in [5.74, 6) is 0. The molecule has 0 amide bonds. The van der Waals surface area contributed by atoms with Gasteiger partial charge in [-0.1, -0.05) is 36.4 Å². The largest absolute Gasteiger partial charge is 0.336 e. The molecule has 0 bridgehead atoms. The number of benzene rings is 1. The molecule has 3 nitrogen and oxygen atoms in total. The summed E-state index contributed by atoms with van der Waals surface area (Å²) in [6.45, 7) is 3.41. The smallest absolute Gasteiger partial charge is 0.324 e. The maximum absolute atomic E-state index is 11.0. The van der Waals surface area contributed by atoms with E-state index < -0.39 is 13.3 Å². The highest BCUT2D eigenvalue weighted by molar-refractivity contribution is 7.52. The van der Waals surface area contributed by atoms with Gasteiger partial charge in [-0.2, -0.15) is 0 Å². The number of rotatable bonds is 3. The second kappa shape index (κ2) is 3.88. The van der Waals surface area contributed by atoms with Gasteiger partial charge in [-0.3, -0.25) is 4.57 Å². The van der Waals surface area contributed by atoms with E-state index in [2.05, 4.69) is 6.58 Å². The monoisotopic (exact) mass is 198 g/mol. The molecule has 0 aliphatic heterocycles. The van der Waals surface area contributed by atoms with Crippen LogP contribution < -0.4 is 0 Å². The Bertz CT molecular complexity index is 328. The first-order valence-electron chi connectivity index (χ1n) is 3.78. The lowest BCUT2D eigenvalue weighted by molar-refractivity contribution is 0.366. The zero-order valence-corrected chi connectivity index (χ0v) is 7.89. The highest BCUT2D eigenvalue weighted by Gasteiger charge is 2.26. The van der Waals surface area contributed by atoms with E-state index in [1.165, 1.54) is 6.08 Å². The minimum Gasteiger partial charge on any atom is -0.324 e. The zero-order valence-electron chi connectivity index (χ0n) is 7.00. The molecule has 1 atom stereocenters. The van der Waals surface area contributed by atoms with Crippen molar-refractivity contribution in [3.05, 3.63) is 48.6 Å². The fourth-order valence-electron chi connectivity index (χ4n) is 1.12. The third kappa shape index (κ3) is 2.52. The summed E-state index contributed by atoms with van der Waals surface area (Å²) in [5.41, 5.74) is -0.306. The Morgan fingerprint density at radius 1 is 1.31 bits per heavy atom. The summed E-state index contributed by atoms with van der Waals surface area (Å²) in [6.07, 6.45) is 1.27. The molecule has 0 saturated carbocycles. The van der Waals surface area contributed by atoms with Gasteiger partial charge in [0.05, 0.1) is 0 Å². The molecule has 0 aliphatic rings.